The Morgan fingerprint density at radius 3 is 2.38 bits per heavy atom. The maximum absolute atomic E-state index is 12.6. The quantitative estimate of drug-likeness (QED) is 0.693. The molecule has 0 amide bonds. The maximum atomic E-state index is 12.6. The molecule has 3 aromatic rings. The van der Waals surface area contributed by atoms with Gasteiger partial charge < -0.3 is 9.73 Å². The van der Waals surface area contributed by atoms with Gasteiger partial charge >= 0.3 is 5.63 Å². The summed E-state index contributed by atoms with van der Waals surface area (Å²) in [6, 6.07) is 12.8. The van der Waals surface area contributed by atoms with Crippen molar-refractivity contribution in [3.8, 4) is 0 Å². The zero-order chi connectivity index (χ0) is 17.3. The number of rotatable bonds is 4. The number of hydrogen-bond acceptors (Lipinski definition) is 5. The highest BCUT2D eigenvalue weighted by molar-refractivity contribution is 7.92. The van der Waals surface area contributed by atoms with Crippen LogP contribution in [0.3, 0.4) is 0 Å². The summed E-state index contributed by atoms with van der Waals surface area (Å²) in [5.41, 5.74) is -0.310. The van der Waals surface area contributed by atoms with Crippen molar-refractivity contribution in [2.24, 2.45) is 0 Å². The Hall–Kier alpha value is -2.51. The lowest BCUT2D eigenvalue weighted by atomic mass is 10.2. The first-order valence-electron chi connectivity index (χ1n) is 6.95. The van der Waals surface area contributed by atoms with E-state index in [-0.39, 0.29) is 15.6 Å². The van der Waals surface area contributed by atoms with Gasteiger partial charge in [-0.05, 0) is 24.3 Å². The minimum absolute atomic E-state index is 0.0567. The Bertz CT molecular complexity index is 1080. The average molecular weight is 365 g/mol. The van der Waals surface area contributed by atoms with E-state index in [2.05, 4.69) is 10.0 Å². The SMILES string of the molecule is CNc1c(NS(=O)(=O)c2ccccc2Cl)c(=O)oc2ccccc12. The molecule has 0 unspecified atom stereocenters. The zero-order valence-electron chi connectivity index (χ0n) is 12.5. The summed E-state index contributed by atoms with van der Waals surface area (Å²) in [4.78, 5) is 12.1. The van der Waals surface area contributed by atoms with E-state index in [1.165, 1.54) is 12.1 Å². The zero-order valence-corrected chi connectivity index (χ0v) is 14.1. The summed E-state index contributed by atoms with van der Waals surface area (Å²) in [7, 11) is -2.46. The third-order valence-corrected chi connectivity index (χ3v) is 5.28. The molecule has 0 bridgehead atoms. The van der Waals surface area contributed by atoms with Crippen LogP contribution in [0.5, 0.6) is 0 Å². The van der Waals surface area contributed by atoms with Crippen LogP contribution < -0.4 is 15.7 Å². The lowest BCUT2D eigenvalue weighted by molar-refractivity contribution is 0.563. The van der Waals surface area contributed by atoms with Crippen molar-refractivity contribution in [3.05, 3.63) is 64.0 Å². The van der Waals surface area contributed by atoms with Gasteiger partial charge in [0.15, 0.2) is 5.69 Å². The van der Waals surface area contributed by atoms with Crippen LogP contribution in [0.15, 0.2) is 62.6 Å². The van der Waals surface area contributed by atoms with Gasteiger partial charge in [-0.25, -0.2) is 13.2 Å². The molecule has 0 aliphatic rings. The van der Waals surface area contributed by atoms with Crippen molar-refractivity contribution < 1.29 is 12.8 Å². The predicted molar refractivity (Wildman–Crippen MR) is 94.3 cm³/mol. The van der Waals surface area contributed by atoms with Crippen LogP contribution in [-0.2, 0) is 10.0 Å². The molecule has 0 atom stereocenters. The van der Waals surface area contributed by atoms with E-state index >= 15 is 0 Å². The summed E-state index contributed by atoms with van der Waals surface area (Å²) in [5, 5.41) is 3.48. The van der Waals surface area contributed by atoms with E-state index in [1.807, 2.05) is 0 Å². The van der Waals surface area contributed by atoms with Crippen LogP contribution in [0, 0.1) is 0 Å². The van der Waals surface area contributed by atoms with E-state index in [0.29, 0.717) is 16.7 Å². The Kier molecular flexibility index (Phi) is 4.21. The highest BCUT2D eigenvalue weighted by Crippen LogP contribution is 2.30. The first-order chi connectivity index (χ1) is 11.4. The average Bonchev–Trinajstić information content (AvgIpc) is 2.55. The van der Waals surface area contributed by atoms with E-state index in [1.54, 1.807) is 43.4 Å². The molecule has 2 N–H and O–H groups in total. The molecule has 0 fully saturated rings. The Labute approximate surface area is 143 Å². The van der Waals surface area contributed by atoms with Gasteiger partial charge in [-0.2, -0.15) is 0 Å². The van der Waals surface area contributed by atoms with Crippen LogP contribution in [-0.4, -0.2) is 15.5 Å². The molecule has 24 heavy (non-hydrogen) atoms. The molecule has 0 spiro atoms. The number of halogens is 1. The van der Waals surface area contributed by atoms with Gasteiger partial charge in [0.1, 0.15) is 10.5 Å². The number of hydrogen-bond donors (Lipinski definition) is 2. The second-order valence-corrected chi connectivity index (χ2v) is 6.98. The van der Waals surface area contributed by atoms with Crippen LogP contribution in [0.2, 0.25) is 5.02 Å². The summed E-state index contributed by atoms with van der Waals surface area (Å²) in [6.07, 6.45) is 0. The van der Waals surface area contributed by atoms with Crippen LogP contribution >= 0.6 is 11.6 Å². The van der Waals surface area contributed by atoms with Crippen molar-refractivity contribution in [2.75, 3.05) is 17.1 Å². The van der Waals surface area contributed by atoms with E-state index in [9.17, 15) is 13.2 Å². The summed E-state index contributed by atoms with van der Waals surface area (Å²) in [6.45, 7) is 0. The van der Waals surface area contributed by atoms with Crippen LogP contribution in [0.1, 0.15) is 0 Å². The number of anilines is 2. The van der Waals surface area contributed by atoms with Gasteiger partial charge in [0, 0.05) is 12.4 Å². The highest BCUT2D eigenvalue weighted by Gasteiger charge is 2.22. The third kappa shape index (κ3) is 2.83. The molecule has 0 saturated heterocycles. The van der Waals surface area contributed by atoms with Crippen molar-refractivity contribution in [1.29, 1.82) is 0 Å². The van der Waals surface area contributed by atoms with Gasteiger partial charge in [0.05, 0.1) is 10.7 Å². The van der Waals surface area contributed by atoms with Crippen molar-refractivity contribution in [2.45, 2.75) is 4.90 Å². The highest BCUT2D eigenvalue weighted by atomic mass is 35.5. The predicted octanol–water partition coefficient (Wildman–Crippen LogP) is 3.29. The largest absolute Gasteiger partial charge is 0.421 e. The van der Waals surface area contributed by atoms with Gasteiger partial charge in [-0.1, -0.05) is 35.9 Å². The van der Waals surface area contributed by atoms with E-state index in [0.717, 1.165) is 0 Å². The molecule has 124 valence electrons. The van der Waals surface area contributed by atoms with Crippen LogP contribution in [0.4, 0.5) is 11.4 Å². The molecule has 3 rings (SSSR count). The number of benzene rings is 2. The molecule has 0 radical (unpaired) electrons. The third-order valence-electron chi connectivity index (χ3n) is 3.43. The fraction of sp³-hybridized carbons (Fsp3) is 0.0625. The number of para-hydroxylation sites is 1. The standard InChI is InChI=1S/C16H13ClN2O4S/c1-18-14-10-6-2-4-8-12(10)23-16(20)15(14)19-24(21,22)13-9-5-3-7-11(13)17/h2-9,18-19H,1H3. The number of sulfonamides is 1. The lowest BCUT2D eigenvalue weighted by Gasteiger charge is -2.13. The molecule has 6 nitrogen and oxygen atoms in total. The second kappa shape index (κ2) is 6.18. The number of fused-ring (bicyclic) bond motifs is 1. The maximum Gasteiger partial charge on any atom is 0.363 e. The molecule has 2 aromatic carbocycles. The Morgan fingerprint density at radius 2 is 1.67 bits per heavy atom. The monoisotopic (exact) mass is 364 g/mol. The minimum atomic E-state index is -4.05. The molecule has 0 aliphatic heterocycles. The van der Waals surface area contributed by atoms with Crippen molar-refractivity contribution in [1.82, 2.24) is 0 Å². The molecule has 1 aromatic heterocycles. The second-order valence-electron chi connectivity index (χ2n) is 4.92. The molecule has 8 heteroatoms. The molecular formula is C16H13ClN2O4S. The topological polar surface area (TPSA) is 88.4 Å². The van der Waals surface area contributed by atoms with Gasteiger partial charge in [-0.15, -0.1) is 0 Å². The molecular weight excluding hydrogens is 352 g/mol. The van der Waals surface area contributed by atoms with Crippen molar-refractivity contribution >= 4 is 44.0 Å². The first kappa shape index (κ1) is 16.4. The summed E-state index contributed by atoms with van der Waals surface area (Å²) >= 11 is 5.95. The fourth-order valence-corrected chi connectivity index (χ4v) is 3.94. The molecule has 1 heterocycles. The van der Waals surface area contributed by atoms with Gasteiger partial charge in [-0.3, -0.25) is 4.72 Å². The van der Waals surface area contributed by atoms with Gasteiger partial charge in [0.25, 0.3) is 10.0 Å². The Balaban J connectivity index is 2.19. The fourth-order valence-electron chi connectivity index (χ4n) is 2.35. The van der Waals surface area contributed by atoms with Crippen molar-refractivity contribution in [3.63, 3.8) is 0 Å². The van der Waals surface area contributed by atoms with E-state index in [4.69, 9.17) is 16.0 Å². The summed E-state index contributed by atoms with van der Waals surface area (Å²) < 4.78 is 32.6. The smallest absolute Gasteiger partial charge is 0.363 e. The summed E-state index contributed by atoms with van der Waals surface area (Å²) in [5.74, 6) is 0. The molecule has 0 aliphatic carbocycles. The minimum Gasteiger partial charge on any atom is -0.421 e. The van der Waals surface area contributed by atoms with Gasteiger partial charge in [0.2, 0.25) is 0 Å². The number of nitrogens with one attached hydrogen (secondary N) is 2. The normalized spacial score (nSPS) is 11.4. The molecule has 0 saturated carbocycles. The first-order valence-corrected chi connectivity index (χ1v) is 8.81. The van der Waals surface area contributed by atoms with E-state index < -0.39 is 15.6 Å². The lowest BCUT2D eigenvalue weighted by Crippen LogP contribution is -2.20. The Morgan fingerprint density at radius 1 is 1.00 bits per heavy atom. The van der Waals surface area contributed by atoms with Crippen LogP contribution in [0.25, 0.3) is 11.0 Å².